The molecule has 0 aromatic heterocycles. The monoisotopic (exact) mass is 572 g/mol. The summed E-state index contributed by atoms with van der Waals surface area (Å²) in [6.45, 7) is 3.57. The van der Waals surface area contributed by atoms with Crippen molar-refractivity contribution in [2.45, 2.75) is 55.3 Å². The standard InChI is InChI=1S/C29H32O12/c1-12(10-38-29-27(34)26(33)25(32)21(9-30)41-29)17-7-15-16(39-17)5-4-13-24(31)23-14-6-19(35-2)20(36-3)8-18(14)37-11-22(23)40-28(13)15/h4-6,8,17,21-23,25-27,29-30,32-34H,1,7,9-11H2,2-3H3/t17-,21+,22+,23+,25-,26-,27-,29+/m1/s1. The normalized spacial score (nSPS) is 31.4. The maximum atomic E-state index is 13.8. The van der Waals surface area contributed by atoms with E-state index in [1.165, 1.54) is 14.2 Å². The van der Waals surface area contributed by atoms with Crippen LogP contribution in [0.4, 0.5) is 0 Å². The van der Waals surface area contributed by atoms with Gasteiger partial charge in [0.25, 0.3) is 0 Å². The fourth-order valence-electron chi connectivity index (χ4n) is 5.78. The van der Waals surface area contributed by atoms with Crippen molar-refractivity contribution in [2.24, 2.45) is 0 Å². The van der Waals surface area contributed by atoms with Gasteiger partial charge in [-0.25, -0.2) is 0 Å². The Kier molecular flexibility index (Phi) is 7.30. The fourth-order valence-corrected chi connectivity index (χ4v) is 5.78. The Morgan fingerprint density at radius 2 is 1.78 bits per heavy atom. The van der Waals surface area contributed by atoms with E-state index in [0.29, 0.717) is 51.9 Å². The van der Waals surface area contributed by atoms with E-state index >= 15 is 0 Å². The third-order valence-corrected chi connectivity index (χ3v) is 8.06. The Morgan fingerprint density at radius 3 is 2.51 bits per heavy atom. The zero-order chi connectivity index (χ0) is 29.0. The lowest BCUT2D eigenvalue weighted by molar-refractivity contribution is -0.299. The summed E-state index contributed by atoms with van der Waals surface area (Å²) in [4.78, 5) is 13.8. The van der Waals surface area contributed by atoms with Gasteiger partial charge < -0.3 is 53.6 Å². The summed E-state index contributed by atoms with van der Waals surface area (Å²) in [5.41, 5.74) is 2.36. The molecule has 0 radical (unpaired) electrons. The molecule has 12 nitrogen and oxygen atoms in total. The maximum absolute atomic E-state index is 13.8. The lowest BCUT2D eigenvalue weighted by atomic mass is 9.81. The van der Waals surface area contributed by atoms with Gasteiger partial charge in [0.15, 0.2) is 23.6 Å². The lowest BCUT2D eigenvalue weighted by Crippen LogP contribution is -2.59. The number of ether oxygens (including phenoxy) is 7. The van der Waals surface area contributed by atoms with Crippen LogP contribution in [0.5, 0.6) is 28.7 Å². The number of hydrogen-bond donors (Lipinski definition) is 4. The summed E-state index contributed by atoms with van der Waals surface area (Å²) in [5, 5.41) is 39.6. The van der Waals surface area contributed by atoms with Crippen LogP contribution in [0.15, 0.2) is 36.4 Å². The third kappa shape index (κ3) is 4.60. The minimum Gasteiger partial charge on any atom is -0.493 e. The highest BCUT2D eigenvalue weighted by atomic mass is 16.7. The van der Waals surface area contributed by atoms with Gasteiger partial charge in [0.1, 0.15) is 60.5 Å². The first-order valence-corrected chi connectivity index (χ1v) is 13.3. The van der Waals surface area contributed by atoms with Crippen LogP contribution >= 0.6 is 0 Å². The van der Waals surface area contributed by atoms with Crippen LogP contribution in [0.3, 0.4) is 0 Å². The number of fused-ring (bicyclic) bond motifs is 6. The molecule has 2 aromatic rings. The quantitative estimate of drug-likeness (QED) is 0.341. The number of rotatable bonds is 7. The number of aliphatic hydroxyl groups excluding tert-OH is 4. The maximum Gasteiger partial charge on any atom is 0.187 e. The first kappa shape index (κ1) is 27.8. The van der Waals surface area contributed by atoms with Crippen LogP contribution in [-0.2, 0) is 15.9 Å². The van der Waals surface area contributed by atoms with Gasteiger partial charge in [0.2, 0.25) is 0 Å². The van der Waals surface area contributed by atoms with Crippen LogP contribution in [-0.4, -0.2) is 103 Å². The smallest absolute Gasteiger partial charge is 0.187 e. The molecule has 4 heterocycles. The van der Waals surface area contributed by atoms with Gasteiger partial charge >= 0.3 is 0 Å². The van der Waals surface area contributed by atoms with Crippen molar-refractivity contribution in [1.29, 1.82) is 0 Å². The molecule has 0 unspecified atom stereocenters. The van der Waals surface area contributed by atoms with Gasteiger partial charge in [-0.05, 0) is 23.8 Å². The number of benzene rings is 2. The number of Topliss-reactive ketones (excluding diaryl/α,β-unsaturated/α-hetero) is 1. The number of methoxy groups -OCH3 is 2. The number of carbonyl (C=O) groups is 1. The molecule has 41 heavy (non-hydrogen) atoms. The van der Waals surface area contributed by atoms with Gasteiger partial charge in [0, 0.05) is 23.6 Å². The molecule has 220 valence electrons. The molecule has 4 aliphatic rings. The largest absolute Gasteiger partial charge is 0.493 e. The topological polar surface area (TPSA) is 163 Å². The van der Waals surface area contributed by atoms with E-state index in [9.17, 15) is 25.2 Å². The van der Waals surface area contributed by atoms with Crippen LogP contribution in [0.1, 0.15) is 27.4 Å². The Bertz CT molecular complexity index is 1360. The first-order valence-electron chi connectivity index (χ1n) is 13.3. The summed E-state index contributed by atoms with van der Waals surface area (Å²) in [7, 11) is 3.06. The van der Waals surface area contributed by atoms with E-state index in [-0.39, 0.29) is 19.0 Å². The molecule has 1 fully saturated rings. The molecule has 12 heteroatoms. The zero-order valence-corrected chi connectivity index (χ0v) is 22.5. The van der Waals surface area contributed by atoms with Gasteiger partial charge in [-0.2, -0.15) is 0 Å². The van der Waals surface area contributed by atoms with Gasteiger partial charge in [0.05, 0.1) is 38.9 Å². The molecule has 0 amide bonds. The van der Waals surface area contributed by atoms with E-state index in [0.717, 1.165) is 5.56 Å². The lowest BCUT2D eigenvalue weighted by Gasteiger charge is -2.39. The molecule has 2 aromatic carbocycles. The van der Waals surface area contributed by atoms with Gasteiger partial charge in [-0.15, -0.1) is 0 Å². The molecule has 0 spiro atoms. The van der Waals surface area contributed by atoms with Gasteiger partial charge in [-0.1, -0.05) is 6.58 Å². The highest BCUT2D eigenvalue weighted by Gasteiger charge is 2.47. The van der Waals surface area contributed by atoms with Crippen molar-refractivity contribution in [1.82, 2.24) is 0 Å². The molecular formula is C29H32O12. The van der Waals surface area contributed by atoms with Crippen molar-refractivity contribution in [3.05, 3.63) is 53.1 Å². The molecule has 0 bridgehead atoms. The number of carbonyl (C=O) groups excluding carboxylic acids is 1. The molecule has 0 aliphatic carbocycles. The summed E-state index contributed by atoms with van der Waals surface area (Å²) < 4.78 is 40.3. The molecule has 1 saturated heterocycles. The van der Waals surface area contributed by atoms with Crippen LogP contribution < -0.4 is 23.7 Å². The van der Waals surface area contributed by atoms with Crippen molar-refractivity contribution < 1.29 is 58.4 Å². The number of hydrogen-bond acceptors (Lipinski definition) is 12. The predicted octanol–water partition coefficient (Wildman–Crippen LogP) is 0.500. The Hall–Kier alpha value is -3.39. The van der Waals surface area contributed by atoms with E-state index in [1.807, 2.05) is 0 Å². The average molecular weight is 573 g/mol. The van der Waals surface area contributed by atoms with Crippen molar-refractivity contribution >= 4 is 5.78 Å². The van der Waals surface area contributed by atoms with Gasteiger partial charge in [-0.3, -0.25) is 4.79 Å². The summed E-state index contributed by atoms with van der Waals surface area (Å²) in [5.74, 6) is 1.87. The molecular weight excluding hydrogens is 540 g/mol. The number of ketones is 1. The van der Waals surface area contributed by atoms with Crippen LogP contribution in [0, 0.1) is 0 Å². The van der Waals surface area contributed by atoms with Crippen molar-refractivity contribution in [3.8, 4) is 28.7 Å². The molecule has 6 rings (SSSR count). The van der Waals surface area contributed by atoms with E-state index in [1.54, 1.807) is 24.3 Å². The average Bonchev–Trinajstić information content (AvgIpc) is 3.44. The van der Waals surface area contributed by atoms with Crippen LogP contribution in [0.25, 0.3) is 0 Å². The second-order valence-electron chi connectivity index (χ2n) is 10.5. The molecule has 4 N–H and O–H groups in total. The Labute approximate surface area is 235 Å². The first-order chi connectivity index (χ1) is 19.7. The van der Waals surface area contributed by atoms with E-state index < -0.39 is 55.4 Å². The van der Waals surface area contributed by atoms with E-state index in [2.05, 4.69) is 6.58 Å². The summed E-state index contributed by atoms with van der Waals surface area (Å²) >= 11 is 0. The SMILES string of the molecule is C=C(CO[C@H]1O[C@@H](CO)[C@@H](O)[C@@H](O)[C@H]1O)[C@H]1Cc2c(ccc3c2O[C@H]2COc4cc(OC)c(OC)cc4[C@@H]2C3=O)O1. The van der Waals surface area contributed by atoms with Crippen molar-refractivity contribution in [3.63, 3.8) is 0 Å². The highest BCUT2D eigenvalue weighted by molar-refractivity contribution is 6.06. The zero-order valence-electron chi connectivity index (χ0n) is 22.5. The minimum atomic E-state index is -1.55. The van der Waals surface area contributed by atoms with Crippen molar-refractivity contribution in [2.75, 3.05) is 34.0 Å². The molecule has 0 saturated carbocycles. The molecule has 4 aliphatic heterocycles. The highest BCUT2D eigenvalue weighted by Crippen LogP contribution is 2.50. The fraction of sp³-hybridized carbons (Fsp3) is 0.483. The minimum absolute atomic E-state index is 0.0933. The van der Waals surface area contributed by atoms with Crippen LogP contribution in [0.2, 0.25) is 0 Å². The summed E-state index contributed by atoms with van der Waals surface area (Å²) in [6.07, 6.45) is -7.62. The number of aliphatic hydroxyl groups is 4. The molecule has 8 atom stereocenters. The van der Waals surface area contributed by atoms with E-state index in [4.69, 9.17) is 33.2 Å². The Balaban J connectivity index is 1.18. The second-order valence-corrected chi connectivity index (χ2v) is 10.5. The summed E-state index contributed by atoms with van der Waals surface area (Å²) in [6, 6.07) is 6.89. The predicted molar refractivity (Wildman–Crippen MR) is 140 cm³/mol. The Morgan fingerprint density at radius 1 is 1.02 bits per heavy atom. The second kappa shape index (κ2) is 10.8. The third-order valence-electron chi connectivity index (χ3n) is 8.06.